The van der Waals surface area contributed by atoms with E-state index in [1.54, 1.807) is 0 Å². The number of rotatable bonds is 3. The summed E-state index contributed by atoms with van der Waals surface area (Å²) in [5.41, 5.74) is 7.97. The average molecular weight is 310 g/mol. The van der Waals surface area contributed by atoms with E-state index < -0.39 is 0 Å². The Hall–Kier alpha value is -0.340. The first kappa shape index (κ1) is 14.1. The molecule has 0 aliphatic heterocycles. The summed E-state index contributed by atoms with van der Waals surface area (Å²) in [6, 6.07) is 8.71. The molecule has 1 aromatic carbocycles. The summed E-state index contributed by atoms with van der Waals surface area (Å²) < 4.78 is 1.15. The van der Waals surface area contributed by atoms with Gasteiger partial charge in [-0.25, -0.2) is 0 Å². The van der Waals surface area contributed by atoms with Gasteiger partial charge in [-0.1, -0.05) is 41.9 Å². The Labute approximate surface area is 119 Å². The molecule has 0 heterocycles. The maximum atomic E-state index is 6.03. The fourth-order valence-corrected chi connectivity index (χ4v) is 3.40. The first-order chi connectivity index (χ1) is 8.52. The molecule has 0 radical (unpaired) electrons. The minimum Gasteiger partial charge on any atom is -0.330 e. The highest BCUT2D eigenvalue weighted by atomic mass is 79.9. The molecule has 1 aromatic rings. The topological polar surface area (TPSA) is 26.0 Å². The van der Waals surface area contributed by atoms with Crippen molar-refractivity contribution >= 4 is 15.9 Å². The van der Waals surface area contributed by atoms with Crippen molar-refractivity contribution in [3.05, 3.63) is 34.3 Å². The van der Waals surface area contributed by atoms with E-state index in [9.17, 15) is 0 Å². The summed E-state index contributed by atoms with van der Waals surface area (Å²) in [7, 11) is 0. The van der Waals surface area contributed by atoms with Gasteiger partial charge in [0.15, 0.2) is 0 Å². The van der Waals surface area contributed by atoms with Gasteiger partial charge in [0.2, 0.25) is 0 Å². The van der Waals surface area contributed by atoms with Crippen LogP contribution in [0.4, 0.5) is 0 Å². The van der Waals surface area contributed by atoms with Gasteiger partial charge in [-0.15, -0.1) is 0 Å². The van der Waals surface area contributed by atoms with Crippen molar-refractivity contribution in [2.45, 2.75) is 45.4 Å². The summed E-state index contributed by atoms with van der Waals surface area (Å²) in [6.45, 7) is 5.55. The van der Waals surface area contributed by atoms with E-state index in [0.29, 0.717) is 11.3 Å². The van der Waals surface area contributed by atoms with Crippen molar-refractivity contribution in [2.24, 2.45) is 17.1 Å². The minimum atomic E-state index is 0.536. The monoisotopic (exact) mass is 309 g/mol. The molecule has 100 valence electrons. The SMILES string of the molecule is CC1(C)CCC(C(CN)c2ccc(Br)cc2)CC1. The van der Waals surface area contributed by atoms with Crippen LogP contribution in [-0.2, 0) is 0 Å². The minimum absolute atomic E-state index is 0.536. The normalized spacial score (nSPS) is 21.8. The highest BCUT2D eigenvalue weighted by Gasteiger charge is 2.31. The Bertz CT molecular complexity index is 373. The average Bonchev–Trinajstić information content (AvgIpc) is 2.34. The smallest absolute Gasteiger partial charge is 0.0175 e. The van der Waals surface area contributed by atoms with Gasteiger partial charge >= 0.3 is 0 Å². The van der Waals surface area contributed by atoms with Gasteiger partial charge in [0.25, 0.3) is 0 Å². The first-order valence-corrected chi connectivity index (χ1v) is 7.77. The van der Waals surface area contributed by atoms with Crippen molar-refractivity contribution in [2.75, 3.05) is 6.54 Å². The molecule has 2 heteroatoms. The van der Waals surface area contributed by atoms with Crippen LogP contribution in [0.5, 0.6) is 0 Å². The van der Waals surface area contributed by atoms with Crippen LogP contribution in [0.15, 0.2) is 28.7 Å². The van der Waals surface area contributed by atoms with Gasteiger partial charge in [0.05, 0.1) is 0 Å². The van der Waals surface area contributed by atoms with Crippen LogP contribution in [0.1, 0.15) is 51.0 Å². The molecule has 1 nitrogen and oxygen atoms in total. The number of benzene rings is 1. The van der Waals surface area contributed by atoms with Crippen molar-refractivity contribution < 1.29 is 0 Å². The third-order valence-electron chi connectivity index (χ3n) is 4.50. The van der Waals surface area contributed by atoms with Crippen LogP contribution in [0.25, 0.3) is 0 Å². The van der Waals surface area contributed by atoms with E-state index in [1.165, 1.54) is 31.2 Å². The Balaban J connectivity index is 2.08. The predicted octanol–water partition coefficient (Wildman–Crippen LogP) is 4.71. The summed E-state index contributed by atoms with van der Waals surface area (Å²) >= 11 is 3.50. The molecule has 1 aliphatic rings. The van der Waals surface area contributed by atoms with E-state index in [1.807, 2.05) is 0 Å². The van der Waals surface area contributed by atoms with Crippen molar-refractivity contribution in [3.63, 3.8) is 0 Å². The summed E-state index contributed by atoms with van der Waals surface area (Å²) in [5.74, 6) is 1.30. The second kappa shape index (κ2) is 5.75. The van der Waals surface area contributed by atoms with Gasteiger partial charge in [-0.05, 0) is 67.2 Å². The molecule has 18 heavy (non-hydrogen) atoms. The first-order valence-electron chi connectivity index (χ1n) is 6.97. The third-order valence-corrected chi connectivity index (χ3v) is 5.03. The van der Waals surface area contributed by atoms with E-state index in [4.69, 9.17) is 5.73 Å². The molecule has 1 atom stereocenters. The lowest BCUT2D eigenvalue weighted by molar-refractivity contribution is 0.173. The number of hydrogen-bond acceptors (Lipinski definition) is 1. The van der Waals surface area contributed by atoms with E-state index >= 15 is 0 Å². The van der Waals surface area contributed by atoms with Crippen LogP contribution in [0.3, 0.4) is 0 Å². The van der Waals surface area contributed by atoms with Gasteiger partial charge < -0.3 is 5.73 Å². The number of nitrogens with two attached hydrogens (primary N) is 1. The molecule has 2 N–H and O–H groups in total. The Morgan fingerprint density at radius 2 is 1.78 bits per heavy atom. The van der Waals surface area contributed by atoms with Gasteiger partial charge in [-0.3, -0.25) is 0 Å². The van der Waals surface area contributed by atoms with Crippen LogP contribution < -0.4 is 5.73 Å². The molecule has 0 aromatic heterocycles. The summed E-state index contributed by atoms with van der Waals surface area (Å²) in [4.78, 5) is 0. The highest BCUT2D eigenvalue weighted by Crippen LogP contribution is 2.43. The zero-order valence-electron chi connectivity index (χ0n) is 11.5. The fourth-order valence-electron chi connectivity index (χ4n) is 3.13. The third kappa shape index (κ3) is 3.36. The lowest BCUT2D eigenvalue weighted by Gasteiger charge is -2.38. The van der Waals surface area contributed by atoms with E-state index in [-0.39, 0.29) is 0 Å². The lowest BCUT2D eigenvalue weighted by Crippen LogP contribution is -2.28. The second-order valence-corrected chi connectivity index (χ2v) is 7.31. The molecule has 0 saturated heterocycles. The zero-order valence-corrected chi connectivity index (χ0v) is 13.0. The van der Waals surface area contributed by atoms with Crippen LogP contribution in [0.2, 0.25) is 0 Å². The van der Waals surface area contributed by atoms with Gasteiger partial charge in [0, 0.05) is 4.47 Å². The fraction of sp³-hybridized carbons (Fsp3) is 0.625. The molecule has 1 aliphatic carbocycles. The molecule has 1 fully saturated rings. The van der Waals surface area contributed by atoms with Crippen molar-refractivity contribution in [1.29, 1.82) is 0 Å². The number of hydrogen-bond donors (Lipinski definition) is 1. The quantitative estimate of drug-likeness (QED) is 0.860. The van der Waals surface area contributed by atoms with Crippen LogP contribution >= 0.6 is 15.9 Å². The molecular formula is C16H24BrN. The maximum absolute atomic E-state index is 6.03. The molecule has 1 saturated carbocycles. The largest absolute Gasteiger partial charge is 0.330 e. The summed E-state index contributed by atoms with van der Waals surface area (Å²) in [6.07, 6.45) is 5.32. The lowest BCUT2D eigenvalue weighted by atomic mass is 9.68. The molecule has 0 bridgehead atoms. The van der Waals surface area contributed by atoms with Crippen LogP contribution in [-0.4, -0.2) is 6.54 Å². The Morgan fingerprint density at radius 3 is 2.28 bits per heavy atom. The summed E-state index contributed by atoms with van der Waals surface area (Å²) in [5, 5.41) is 0. The molecule has 1 unspecified atom stereocenters. The number of halogens is 1. The van der Waals surface area contributed by atoms with Gasteiger partial charge in [-0.2, -0.15) is 0 Å². The van der Waals surface area contributed by atoms with Crippen molar-refractivity contribution in [3.8, 4) is 0 Å². The Morgan fingerprint density at radius 1 is 1.22 bits per heavy atom. The predicted molar refractivity (Wildman–Crippen MR) is 81.7 cm³/mol. The standard InChI is InChI=1S/C16H24BrN/c1-16(2)9-7-13(8-10-16)15(11-18)12-3-5-14(17)6-4-12/h3-6,13,15H,7-11,18H2,1-2H3. The van der Waals surface area contributed by atoms with E-state index in [2.05, 4.69) is 54.0 Å². The van der Waals surface area contributed by atoms with Crippen molar-refractivity contribution in [1.82, 2.24) is 0 Å². The zero-order chi connectivity index (χ0) is 13.2. The highest BCUT2D eigenvalue weighted by molar-refractivity contribution is 9.10. The molecular weight excluding hydrogens is 286 g/mol. The van der Waals surface area contributed by atoms with Crippen LogP contribution in [0, 0.1) is 11.3 Å². The second-order valence-electron chi connectivity index (χ2n) is 6.40. The maximum Gasteiger partial charge on any atom is 0.0175 e. The van der Waals surface area contributed by atoms with Gasteiger partial charge in [0.1, 0.15) is 0 Å². The molecule has 2 rings (SSSR count). The molecule has 0 spiro atoms. The Kier molecular flexibility index (Phi) is 4.50. The molecule has 0 amide bonds. The van der Waals surface area contributed by atoms with E-state index in [0.717, 1.165) is 16.9 Å².